The van der Waals surface area contributed by atoms with Crippen LogP contribution < -0.4 is 0 Å². The third-order valence-corrected chi connectivity index (χ3v) is 2.99. The van der Waals surface area contributed by atoms with Gasteiger partial charge in [-0.25, -0.2) is 4.79 Å². The number of nitrogens with zero attached hydrogens (tertiary/aromatic N) is 1. The maximum Gasteiger partial charge on any atom is 0.358 e. The number of carboxylic acids is 1. The third kappa shape index (κ3) is 2.07. The Bertz CT molecular complexity index is 733. The topological polar surface area (TPSA) is 63.3 Å². The molecule has 0 bridgehead atoms. The van der Waals surface area contributed by atoms with Gasteiger partial charge in [0.1, 0.15) is 0 Å². The Labute approximate surface area is 115 Å². The van der Waals surface area contributed by atoms with Crippen molar-refractivity contribution in [3.05, 3.63) is 66.4 Å². The number of rotatable bonds is 3. The summed E-state index contributed by atoms with van der Waals surface area (Å²) in [6, 6.07) is 18.6. The van der Waals surface area contributed by atoms with E-state index < -0.39 is 5.97 Å². The molecule has 0 aliphatic rings. The molecule has 0 radical (unpaired) electrons. The molecule has 0 aliphatic heterocycles. The molecule has 98 valence electrons. The van der Waals surface area contributed by atoms with E-state index in [2.05, 4.69) is 5.16 Å². The first kappa shape index (κ1) is 12.2. The van der Waals surface area contributed by atoms with Gasteiger partial charge in [0.15, 0.2) is 11.5 Å². The second kappa shape index (κ2) is 5.01. The van der Waals surface area contributed by atoms with Crippen LogP contribution in [0.25, 0.3) is 22.5 Å². The van der Waals surface area contributed by atoms with Crippen LogP contribution in [-0.4, -0.2) is 16.2 Å². The monoisotopic (exact) mass is 265 g/mol. The van der Waals surface area contributed by atoms with Crippen LogP contribution in [0.3, 0.4) is 0 Å². The second-order valence-electron chi connectivity index (χ2n) is 4.27. The zero-order valence-electron chi connectivity index (χ0n) is 10.5. The van der Waals surface area contributed by atoms with Crippen molar-refractivity contribution in [1.29, 1.82) is 0 Å². The van der Waals surface area contributed by atoms with E-state index >= 15 is 0 Å². The van der Waals surface area contributed by atoms with Crippen molar-refractivity contribution in [3.63, 3.8) is 0 Å². The lowest BCUT2D eigenvalue weighted by Crippen LogP contribution is -1.98. The Hall–Kier alpha value is -2.88. The van der Waals surface area contributed by atoms with E-state index in [1.165, 1.54) is 0 Å². The molecule has 0 aliphatic carbocycles. The first-order valence-electron chi connectivity index (χ1n) is 6.11. The summed E-state index contributed by atoms with van der Waals surface area (Å²) in [5.41, 5.74) is 2.00. The molecule has 0 spiro atoms. The van der Waals surface area contributed by atoms with Gasteiger partial charge in [0.25, 0.3) is 0 Å². The molecule has 0 fully saturated rings. The van der Waals surface area contributed by atoms with Gasteiger partial charge in [-0.3, -0.25) is 0 Å². The highest BCUT2D eigenvalue weighted by Crippen LogP contribution is 2.34. The molecule has 0 amide bonds. The van der Waals surface area contributed by atoms with Crippen molar-refractivity contribution in [2.45, 2.75) is 0 Å². The lowest BCUT2D eigenvalue weighted by molar-refractivity contribution is 0.0686. The van der Waals surface area contributed by atoms with Crippen LogP contribution >= 0.6 is 0 Å². The lowest BCUT2D eigenvalue weighted by Gasteiger charge is -2.02. The van der Waals surface area contributed by atoms with Crippen molar-refractivity contribution in [3.8, 4) is 22.5 Å². The minimum atomic E-state index is -1.10. The molecule has 20 heavy (non-hydrogen) atoms. The molecule has 1 heterocycles. The van der Waals surface area contributed by atoms with E-state index in [0.717, 1.165) is 11.1 Å². The Morgan fingerprint density at radius 1 is 0.900 bits per heavy atom. The molecule has 4 heteroatoms. The standard InChI is InChI=1S/C16H11NO3/c18-16(19)14-13(11-7-3-1-4-8-11)15(20-17-14)12-9-5-2-6-10-12/h1-10H,(H,18,19). The highest BCUT2D eigenvalue weighted by molar-refractivity contribution is 5.98. The van der Waals surface area contributed by atoms with Gasteiger partial charge in [-0.15, -0.1) is 0 Å². The van der Waals surface area contributed by atoms with Gasteiger partial charge in [0, 0.05) is 5.56 Å². The number of carbonyl (C=O) groups is 1. The zero-order chi connectivity index (χ0) is 13.9. The lowest BCUT2D eigenvalue weighted by atomic mass is 9.99. The Morgan fingerprint density at radius 2 is 1.45 bits per heavy atom. The van der Waals surface area contributed by atoms with Crippen molar-refractivity contribution < 1.29 is 14.4 Å². The van der Waals surface area contributed by atoms with E-state index in [1.54, 1.807) is 0 Å². The van der Waals surface area contributed by atoms with Gasteiger partial charge >= 0.3 is 5.97 Å². The molecule has 0 saturated carbocycles. The normalized spacial score (nSPS) is 10.4. The Kier molecular flexibility index (Phi) is 3.05. The van der Waals surface area contributed by atoms with Crippen LogP contribution in [0, 0.1) is 0 Å². The Morgan fingerprint density at radius 3 is 2.00 bits per heavy atom. The molecule has 0 unspecified atom stereocenters. The van der Waals surface area contributed by atoms with E-state index in [1.807, 2.05) is 60.7 Å². The molecule has 2 aromatic carbocycles. The number of aromatic nitrogens is 1. The fourth-order valence-electron chi connectivity index (χ4n) is 2.10. The summed E-state index contributed by atoms with van der Waals surface area (Å²) >= 11 is 0. The van der Waals surface area contributed by atoms with Crippen molar-refractivity contribution in [2.75, 3.05) is 0 Å². The summed E-state index contributed by atoms with van der Waals surface area (Å²) in [4.78, 5) is 11.3. The van der Waals surface area contributed by atoms with Crippen LogP contribution in [0.4, 0.5) is 0 Å². The predicted molar refractivity (Wildman–Crippen MR) is 74.3 cm³/mol. The second-order valence-corrected chi connectivity index (χ2v) is 4.27. The minimum Gasteiger partial charge on any atom is -0.476 e. The van der Waals surface area contributed by atoms with E-state index in [9.17, 15) is 9.90 Å². The average molecular weight is 265 g/mol. The fourth-order valence-corrected chi connectivity index (χ4v) is 2.10. The summed E-state index contributed by atoms with van der Waals surface area (Å²) < 4.78 is 5.27. The molecular formula is C16H11NO3. The van der Waals surface area contributed by atoms with Crippen LogP contribution in [-0.2, 0) is 0 Å². The minimum absolute atomic E-state index is 0.0740. The van der Waals surface area contributed by atoms with Crippen LogP contribution in [0.15, 0.2) is 65.2 Å². The van der Waals surface area contributed by atoms with Gasteiger partial charge in [-0.1, -0.05) is 65.8 Å². The van der Waals surface area contributed by atoms with Crippen LogP contribution in [0.1, 0.15) is 10.5 Å². The van der Waals surface area contributed by atoms with E-state index in [4.69, 9.17) is 4.52 Å². The summed E-state index contributed by atoms with van der Waals surface area (Å²) in [7, 11) is 0. The molecule has 0 atom stereocenters. The average Bonchev–Trinajstić information content (AvgIpc) is 2.94. The SMILES string of the molecule is O=C(O)c1noc(-c2ccccc2)c1-c1ccccc1. The smallest absolute Gasteiger partial charge is 0.358 e. The van der Waals surface area contributed by atoms with Crippen LogP contribution in [0.5, 0.6) is 0 Å². The Balaban J connectivity index is 2.25. The van der Waals surface area contributed by atoms with Crippen molar-refractivity contribution in [2.24, 2.45) is 0 Å². The number of hydrogen-bond acceptors (Lipinski definition) is 3. The molecule has 3 aromatic rings. The summed E-state index contributed by atoms with van der Waals surface area (Å²) in [5, 5.41) is 13.0. The maximum absolute atomic E-state index is 11.3. The molecule has 0 saturated heterocycles. The number of benzene rings is 2. The van der Waals surface area contributed by atoms with Gasteiger partial charge in [-0.05, 0) is 5.56 Å². The third-order valence-electron chi connectivity index (χ3n) is 2.99. The first-order valence-corrected chi connectivity index (χ1v) is 6.11. The van der Waals surface area contributed by atoms with Gasteiger partial charge in [0.2, 0.25) is 0 Å². The first-order chi connectivity index (χ1) is 9.77. The largest absolute Gasteiger partial charge is 0.476 e. The molecular weight excluding hydrogens is 254 g/mol. The predicted octanol–water partition coefficient (Wildman–Crippen LogP) is 3.71. The van der Waals surface area contributed by atoms with Gasteiger partial charge in [-0.2, -0.15) is 0 Å². The van der Waals surface area contributed by atoms with Crippen LogP contribution in [0.2, 0.25) is 0 Å². The number of aromatic carboxylic acids is 1. The molecule has 1 N–H and O–H groups in total. The highest BCUT2D eigenvalue weighted by Gasteiger charge is 2.23. The van der Waals surface area contributed by atoms with Crippen molar-refractivity contribution >= 4 is 5.97 Å². The molecule has 1 aromatic heterocycles. The van der Waals surface area contributed by atoms with Crippen molar-refractivity contribution in [1.82, 2.24) is 5.16 Å². The van der Waals surface area contributed by atoms with E-state index in [-0.39, 0.29) is 5.69 Å². The molecule has 4 nitrogen and oxygen atoms in total. The summed E-state index contributed by atoms with van der Waals surface area (Å²) in [5.74, 6) is -0.635. The highest BCUT2D eigenvalue weighted by atomic mass is 16.5. The summed E-state index contributed by atoms with van der Waals surface area (Å²) in [6.07, 6.45) is 0. The number of carboxylic acid groups (broad SMARTS) is 1. The van der Waals surface area contributed by atoms with E-state index in [0.29, 0.717) is 11.3 Å². The molecule has 3 rings (SSSR count). The van der Waals surface area contributed by atoms with Gasteiger partial charge < -0.3 is 9.63 Å². The van der Waals surface area contributed by atoms with Gasteiger partial charge in [0.05, 0.1) is 5.56 Å². The number of hydrogen-bond donors (Lipinski definition) is 1. The zero-order valence-corrected chi connectivity index (χ0v) is 10.5. The summed E-state index contributed by atoms with van der Waals surface area (Å²) in [6.45, 7) is 0. The fraction of sp³-hybridized carbons (Fsp3) is 0. The maximum atomic E-state index is 11.3. The quantitative estimate of drug-likeness (QED) is 0.784.